The maximum atomic E-state index is 12.5. The van der Waals surface area contributed by atoms with Crippen LogP contribution in [0, 0.1) is 24.0 Å². The number of aromatic nitrogens is 1. The van der Waals surface area contributed by atoms with Gasteiger partial charge >= 0.3 is 5.97 Å². The Kier molecular flexibility index (Phi) is 5.88. The fourth-order valence-corrected chi connectivity index (χ4v) is 4.10. The van der Waals surface area contributed by atoms with Gasteiger partial charge in [0.05, 0.1) is 28.7 Å². The molecule has 0 aliphatic heterocycles. The molecule has 29 heavy (non-hydrogen) atoms. The van der Waals surface area contributed by atoms with Crippen LogP contribution < -0.4 is 4.80 Å². The first-order valence-corrected chi connectivity index (χ1v) is 9.58. The number of esters is 1. The molecular weight excluding hydrogens is 394 g/mol. The van der Waals surface area contributed by atoms with E-state index in [1.807, 2.05) is 26.0 Å². The van der Waals surface area contributed by atoms with Gasteiger partial charge < -0.3 is 9.30 Å². The molecule has 0 fully saturated rings. The van der Waals surface area contributed by atoms with Crippen molar-refractivity contribution in [3.8, 4) is 0 Å². The number of methoxy groups -OCH3 is 1. The molecule has 9 heteroatoms. The first kappa shape index (κ1) is 20.4. The van der Waals surface area contributed by atoms with Gasteiger partial charge in [-0.15, -0.1) is 0 Å². The molecular formula is C20H19N3O5S. The lowest BCUT2D eigenvalue weighted by molar-refractivity contribution is -0.384. The van der Waals surface area contributed by atoms with E-state index in [0.29, 0.717) is 10.4 Å². The van der Waals surface area contributed by atoms with Crippen molar-refractivity contribution in [3.63, 3.8) is 0 Å². The van der Waals surface area contributed by atoms with Crippen molar-refractivity contribution >= 4 is 39.1 Å². The van der Waals surface area contributed by atoms with E-state index in [-0.39, 0.29) is 18.7 Å². The third kappa shape index (κ3) is 4.57. The summed E-state index contributed by atoms with van der Waals surface area (Å²) < 4.78 is 7.41. The average molecular weight is 413 g/mol. The van der Waals surface area contributed by atoms with Crippen molar-refractivity contribution in [2.75, 3.05) is 7.11 Å². The van der Waals surface area contributed by atoms with Crippen LogP contribution in [0.1, 0.15) is 16.7 Å². The van der Waals surface area contributed by atoms with Gasteiger partial charge in [-0.3, -0.25) is 19.7 Å². The molecule has 1 amide bonds. The number of amides is 1. The smallest absolute Gasteiger partial charge is 0.325 e. The van der Waals surface area contributed by atoms with Gasteiger partial charge in [-0.1, -0.05) is 29.5 Å². The van der Waals surface area contributed by atoms with Crippen molar-refractivity contribution in [1.82, 2.24) is 4.57 Å². The van der Waals surface area contributed by atoms with E-state index in [4.69, 9.17) is 4.74 Å². The molecule has 0 unspecified atom stereocenters. The van der Waals surface area contributed by atoms with Crippen molar-refractivity contribution < 1.29 is 19.2 Å². The lowest BCUT2D eigenvalue weighted by atomic mass is 10.1. The largest absolute Gasteiger partial charge is 0.468 e. The Hall–Kier alpha value is -3.33. The molecule has 0 aliphatic carbocycles. The number of carbonyl (C=O) groups is 2. The Balaban J connectivity index is 2.00. The Labute approximate surface area is 170 Å². The summed E-state index contributed by atoms with van der Waals surface area (Å²) in [6.45, 7) is 3.88. The molecule has 0 saturated carbocycles. The first-order valence-electron chi connectivity index (χ1n) is 8.77. The molecule has 0 N–H and O–H groups in total. The van der Waals surface area contributed by atoms with Crippen molar-refractivity contribution in [3.05, 3.63) is 68.0 Å². The Morgan fingerprint density at radius 1 is 1.21 bits per heavy atom. The molecule has 1 aromatic heterocycles. The lowest BCUT2D eigenvalue weighted by Crippen LogP contribution is -2.22. The molecule has 3 aromatic rings. The highest BCUT2D eigenvalue weighted by Crippen LogP contribution is 2.23. The summed E-state index contributed by atoms with van der Waals surface area (Å²) in [5, 5.41) is 10.7. The molecule has 0 spiro atoms. The number of carbonyl (C=O) groups excluding carboxylic acids is 2. The van der Waals surface area contributed by atoms with E-state index >= 15 is 0 Å². The number of nitro groups is 1. The van der Waals surface area contributed by atoms with Crippen LogP contribution in [-0.4, -0.2) is 28.5 Å². The molecule has 1 heterocycles. The Morgan fingerprint density at radius 3 is 2.52 bits per heavy atom. The van der Waals surface area contributed by atoms with Gasteiger partial charge in [-0.25, -0.2) is 0 Å². The van der Waals surface area contributed by atoms with Gasteiger partial charge in [0.1, 0.15) is 6.54 Å². The van der Waals surface area contributed by atoms with Crippen LogP contribution in [0.3, 0.4) is 0 Å². The number of hydrogen-bond acceptors (Lipinski definition) is 6. The third-order valence-electron chi connectivity index (χ3n) is 4.35. The van der Waals surface area contributed by atoms with E-state index in [0.717, 1.165) is 21.3 Å². The SMILES string of the molecule is COC(=O)Cn1c(=NC(=O)Cc2ccc([N+](=O)[O-])cc2)sc2c(C)cc(C)cc21. The van der Waals surface area contributed by atoms with Gasteiger partial charge in [0.2, 0.25) is 0 Å². The quantitative estimate of drug-likeness (QED) is 0.363. The second kappa shape index (κ2) is 8.36. The molecule has 0 atom stereocenters. The van der Waals surface area contributed by atoms with Crippen molar-refractivity contribution in [2.24, 2.45) is 4.99 Å². The Bertz CT molecular complexity index is 1180. The minimum atomic E-state index is -0.493. The van der Waals surface area contributed by atoms with E-state index in [1.165, 1.54) is 42.7 Å². The zero-order valence-electron chi connectivity index (χ0n) is 16.2. The summed E-state index contributed by atoms with van der Waals surface area (Å²) in [6, 6.07) is 9.75. The topological polar surface area (TPSA) is 104 Å². The van der Waals surface area contributed by atoms with Crippen LogP contribution in [0.5, 0.6) is 0 Å². The monoisotopic (exact) mass is 413 g/mol. The molecule has 8 nitrogen and oxygen atoms in total. The highest BCUT2D eigenvalue weighted by Gasteiger charge is 2.14. The summed E-state index contributed by atoms with van der Waals surface area (Å²) in [6.07, 6.45) is 0.00245. The maximum absolute atomic E-state index is 12.5. The summed E-state index contributed by atoms with van der Waals surface area (Å²) in [5.41, 5.74) is 3.48. The Morgan fingerprint density at radius 2 is 1.90 bits per heavy atom. The summed E-state index contributed by atoms with van der Waals surface area (Å²) in [4.78, 5) is 39.3. The molecule has 0 bridgehead atoms. The van der Waals surface area contributed by atoms with Crippen LogP contribution in [0.25, 0.3) is 10.2 Å². The predicted octanol–water partition coefficient (Wildman–Crippen LogP) is 3.07. The number of nitrogens with zero attached hydrogens (tertiary/aromatic N) is 3. The third-order valence-corrected chi connectivity index (χ3v) is 5.58. The van der Waals surface area contributed by atoms with Crippen molar-refractivity contribution in [1.29, 1.82) is 0 Å². The minimum absolute atomic E-state index is 0.00245. The zero-order chi connectivity index (χ0) is 21.1. The average Bonchev–Trinajstić information content (AvgIpc) is 2.99. The van der Waals surface area contributed by atoms with E-state index in [9.17, 15) is 19.7 Å². The number of hydrogen-bond donors (Lipinski definition) is 0. The highest BCUT2D eigenvalue weighted by molar-refractivity contribution is 7.16. The van der Waals surface area contributed by atoms with E-state index in [2.05, 4.69) is 4.99 Å². The van der Waals surface area contributed by atoms with Crippen LogP contribution in [0.4, 0.5) is 5.69 Å². The molecule has 0 radical (unpaired) electrons. The van der Waals surface area contributed by atoms with Crippen molar-refractivity contribution in [2.45, 2.75) is 26.8 Å². The lowest BCUT2D eigenvalue weighted by Gasteiger charge is -2.05. The van der Waals surface area contributed by atoms with Gasteiger partial charge in [0.25, 0.3) is 11.6 Å². The fraction of sp³-hybridized carbons (Fsp3) is 0.250. The summed E-state index contributed by atoms with van der Waals surface area (Å²) in [5.74, 6) is -0.841. The highest BCUT2D eigenvalue weighted by atomic mass is 32.1. The summed E-state index contributed by atoms with van der Waals surface area (Å²) in [7, 11) is 1.31. The fourth-order valence-electron chi connectivity index (χ4n) is 3.00. The predicted molar refractivity (Wildman–Crippen MR) is 109 cm³/mol. The van der Waals surface area contributed by atoms with Crippen LogP contribution >= 0.6 is 11.3 Å². The molecule has 150 valence electrons. The van der Waals surface area contributed by atoms with Gasteiger partial charge in [0, 0.05) is 12.1 Å². The van der Waals surface area contributed by atoms with E-state index < -0.39 is 16.8 Å². The standard InChI is InChI=1S/C20H19N3O5S/c1-12-8-13(2)19-16(9-12)22(11-18(25)28-3)20(29-19)21-17(24)10-14-4-6-15(7-5-14)23(26)27/h4-9H,10-11H2,1-3H3. The zero-order valence-corrected chi connectivity index (χ0v) is 17.0. The number of nitro benzene ring substituents is 1. The molecule has 0 aliphatic rings. The molecule has 3 rings (SSSR count). The number of aryl methyl sites for hydroxylation is 2. The van der Waals surface area contributed by atoms with E-state index in [1.54, 1.807) is 4.57 Å². The van der Waals surface area contributed by atoms with Gasteiger partial charge in [-0.05, 0) is 36.6 Å². The van der Waals surface area contributed by atoms with Gasteiger partial charge in [-0.2, -0.15) is 4.99 Å². The van der Waals surface area contributed by atoms with Crippen LogP contribution in [0.15, 0.2) is 41.4 Å². The van der Waals surface area contributed by atoms with Crippen LogP contribution in [0.2, 0.25) is 0 Å². The van der Waals surface area contributed by atoms with Crippen LogP contribution in [-0.2, 0) is 27.3 Å². The number of thiazole rings is 1. The normalized spacial score (nSPS) is 11.6. The molecule has 0 saturated heterocycles. The number of rotatable bonds is 5. The second-order valence-electron chi connectivity index (χ2n) is 6.58. The minimum Gasteiger partial charge on any atom is -0.468 e. The first-order chi connectivity index (χ1) is 13.8. The van der Waals surface area contributed by atoms with Gasteiger partial charge in [0.15, 0.2) is 4.80 Å². The summed E-state index contributed by atoms with van der Waals surface area (Å²) >= 11 is 1.34. The molecule has 2 aromatic carbocycles. The number of non-ortho nitro benzene ring substituents is 1. The second-order valence-corrected chi connectivity index (χ2v) is 7.56. The number of fused-ring (bicyclic) bond motifs is 1. The number of benzene rings is 2. The number of ether oxygens (including phenoxy) is 1. The maximum Gasteiger partial charge on any atom is 0.325 e.